The number of rotatable bonds is 8. The Morgan fingerprint density at radius 3 is 2.52 bits per heavy atom. The SMILES string of the molecule is COc1c(C(=O)NN2CCC(F)(F)CC2)nc(-c2ccc(Cl)cc2Cl)n1-c1ccc(C#CCCO[N+](=O)[O-])cc1. The highest BCUT2D eigenvalue weighted by atomic mass is 35.5. The Balaban J connectivity index is 1.68. The van der Waals surface area contributed by atoms with Gasteiger partial charge in [0.15, 0.2) is 5.69 Å². The molecule has 40 heavy (non-hydrogen) atoms. The molecule has 0 saturated carbocycles. The number of benzene rings is 2. The maximum Gasteiger partial charge on any atom is 0.294 e. The van der Waals surface area contributed by atoms with Gasteiger partial charge in [0.2, 0.25) is 5.88 Å². The molecule has 10 nitrogen and oxygen atoms in total. The van der Waals surface area contributed by atoms with Crippen LogP contribution in [0.2, 0.25) is 10.0 Å². The molecule has 210 valence electrons. The minimum absolute atomic E-state index is 0.0156. The Morgan fingerprint density at radius 1 is 1.20 bits per heavy atom. The van der Waals surface area contributed by atoms with Crippen LogP contribution in [-0.4, -0.2) is 58.3 Å². The molecule has 0 spiro atoms. The number of aromatic nitrogens is 2. The summed E-state index contributed by atoms with van der Waals surface area (Å²) >= 11 is 12.6. The van der Waals surface area contributed by atoms with Crippen LogP contribution >= 0.6 is 23.2 Å². The number of nitrogens with zero attached hydrogens (tertiary/aromatic N) is 4. The number of nitrogens with one attached hydrogen (secondary N) is 1. The monoisotopic (exact) mass is 593 g/mol. The van der Waals surface area contributed by atoms with Crippen LogP contribution in [0.4, 0.5) is 8.78 Å². The van der Waals surface area contributed by atoms with Crippen molar-refractivity contribution in [3.8, 4) is 34.8 Å². The first-order chi connectivity index (χ1) is 19.1. The fourth-order valence-electron chi connectivity index (χ4n) is 4.00. The summed E-state index contributed by atoms with van der Waals surface area (Å²) < 4.78 is 34.4. The summed E-state index contributed by atoms with van der Waals surface area (Å²) in [4.78, 5) is 32.3. The van der Waals surface area contributed by atoms with Crippen molar-refractivity contribution in [3.05, 3.63) is 73.9 Å². The van der Waals surface area contributed by atoms with E-state index in [4.69, 9.17) is 27.9 Å². The summed E-state index contributed by atoms with van der Waals surface area (Å²) in [7, 11) is 1.38. The van der Waals surface area contributed by atoms with E-state index in [1.54, 1.807) is 47.0 Å². The third kappa shape index (κ3) is 6.98. The Bertz CT molecular complexity index is 1460. The second kappa shape index (κ2) is 12.5. The number of hydrazine groups is 1. The first-order valence-corrected chi connectivity index (χ1v) is 12.8. The van der Waals surface area contributed by atoms with Crippen molar-refractivity contribution in [3.63, 3.8) is 0 Å². The molecule has 0 bridgehead atoms. The fourth-order valence-corrected chi connectivity index (χ4v) is 4.50. The summed E-state index contributed by atoms with van der Waals surface area (Å²) in [5.74, 6) is 2.67. The van der Waals surface area contributed by atoms with Crippen LogP contribution in [0.1, 0.15) is 35.3 Å². The van der Waals surface area contributed by atoms with Crippen molar-refractivity contribution in [1.29, 1.82) is 0 Å². The van der Waals surface area contributed by atoms with Crippen LogP contribution in [0.5, 0.6) is 5.88 Å². The number of amides is 1. The van der Waals surface area contributed by atoms with Gasteiger partial charge in [-0.15, -0.1) is 10.1 Å². The summed E-state index contributed by atoms with van der Waals surface area (Å²) in [5, 5.41) is 11.5. The van der Waals surface area contributed by atoms with E-state index >= 15 is 0 Å². The smallest absolute Gasteiger partial charge is 0.294 e. The minimum atomic E-state index is -2.77. The van der Waals surface area contributed by atoms with Gasteiger partial charge in [0, 0.05) is 48.5 Å². The molecular weight excluding hydrogens is 571 g/mol. The van der Waals surface area contributed by atoms with Gasteiger partial charge < -0.3 is 9.57 Å². The number of hydrogen-bond acceptors (Lipinski definition) is 7. The van der Waals surface area contributed by atoms with E-state index in [-0.39, 0.29) is 61.4 Å². The number of carbonyl (C=O) groups is 1. The molecule has 14 heteroatoms. The van der Waals surface area contributed by atoms with E-state index in [9.17, 15) is 23.7 Å². The van der Waals surface area contributed by atoms with Gasteiger partial charge in [0.25, 0.3) is 16.9 Å². The van der Waals surface area contributed by atoms with E-state index in [1.807, 2.05) is 0 Å². The van der Waals surface area contributed by atoms with Gasteiger partial charge in [-0.3, -0.25) is 14.8 Å². The number of alkyl halides is 2. The first kappa shape index (κ1) is 29.1. The number of halogens is 4. The molecule has 0 aliphatic carbocycles. The van der Waals surface area contributed by atoms with Crippen molar-refractivity contribution in [1.82, 2.24) is 20.0 Å². The number of carbonyl (C=O) groups excluding carboxylic acids is 1. The van der Waals surface area contributed by atoms with Crippen LogP contribution in [0.15, 0.2) is 42.5 Å². The van der Waals surface area contributed by atoms with E-state index < -0.39 is 16.9 Å². The van der Waals surface area contributed by atoms with Crippen molar-refractivity contribution in [2.45, 2.75) is 25.2 Å². The van der Waals surface area contributed by atoms with Gasteiger partial charge in [0.1, 0.15) is 12.4 Å². The highest BCUT2D eigenvalue weighted by Crippen LogP contribution is 2.36. The van der Waals surface area contributed by atoms with Crippen LogP contribution in [0, 0.1) is 22.0 Å². The molecule has 1 N–H and O–H groups in total. The summed E-state index contributed by atoms with van der Waals surface area (Å²) in [5.41, 5.74) is 4.23. The van der Waals surface area contributed by atoms with Crippen LogP contribution in [0.3, 0.4) is 0 Å². The second-order valence-electron chi connectivity index (χ2n) is 8.69. The number of hydrogen-bond donors (Lipinski definition) is 1. The number of imidazole rings is 1. The van der Waals surface area contributed by atoms with Gasteiger partial charge in [-0.25, -0.2) is 18.8 Å². The van der Waals surface area contributed by atoms with Crippen LogP contribution in [-0.2, 0) is 4.84 Å². The lowest BCUT2D eigenvalue weighted by Crippen LogP contribution is -2.49. The van der Waals surface area contributed by atoms with Crippen molar-refractivity contribution < 1.29 is 28.2 Å². The average Bonchev–Trinajstić information content (AvgIpc) is 3.29. The number of piperidine rings is 1. The molecule has 1 saturated heterocycles. The Labute approximate surface area is 237 Å². The summed E-state index contributed by atoms with van der Waals surface area (Å²) in [6, 6.07) is 11.7. The Morgan fingerprint density at radius 2 is 1.90 bits per heavy atom. The van der Waals surface area contributed by atoms with E-state index in [0.717, 1.165) is 0 Å². The van der Waals surface area contributed by atoms with Crippen molar-refractivity contribution >= 4 is 29.1 Å². The van der Waals surface area contributed by atoms with E-state index in [1.165, 1.54) is 12.1 Å². The highest BCUT2D eigenvalue weighted by molar-refractivity contribution is 6.36. The normalized spacial score (nSPS) is 14.6. The zero-order chi connectivity index (χ0) is 28.9. The molecule has 0 atom stereocenters. The number of ether oxygens (including phenoxy) is 1. The predicted molar refractivity (Wildman–Crippen MR) is 143 cm³/mol. The predicted octanol–water partition coefficient (Wildman–Crippen LogP) is 5.18. The summed E-state index contributed by atoms with van der Waals surface area (Å²) in [6.07, 6.45) is -0.574. The fraction of sp³-hybridized carbons (Fsp3) is 0.308. The van der Waals surface area contributed by atoms with E-state index in [0.29, 0.717) is 21.8 Å². The molecule has 2 heterocycles. The van der Waals surface area contributed by atoms with Gasteiger partial charge in [-0.2, -0.15) is 0 Å². The van der Waals surface area contributed by atoms with Crippen molar-refractivity contribution in [2.75, 3.05) is 26.8 Å². The highest BCUT2D eigenvalue weighted by Gasteiger charge is 2.35. The molecule has 4 rings (SSSR count). The molecule has 3 aromatic rings. The molecule has 0 unspecified atom stereocenters. The van der Waals surface area contributed by atoms with Gasteiger partial charge in [-0.1, -0.05) is 35.0 Å². The maximum absolute atomic E-state index is 13.6. The quantitative estimate of drug-likeness (QED) is 0.166. The second-order valence-corrected chi connectivity index (χ2v) is 9.54. The lowest BCUT2D eigenvalue weighted by molar-refractivity contribution is -0.757. The van der Waals surface area contributed by atoms with E-state index in [2.05, 4.69) is 27.1 Å². The molecule has 1 aromatic heterocycles. The molecule has 1 aliphatic heterocycles. The van der Waals surface area contributed by atoms with Crippen LogP contribution < -0.4 is 10.2 Å². The first-order valence-electron chi connectivity index (χ1n) is 12.0. The molecule has 1 fully saturated rings. The zero-order valence-electron chi connectivity index (χ0n) is 21.1. The lowest BCUT2D eigenvalue weighted by Gasteiger charge is -2.31. The minimum Gasteiger partial charge on any atom is -0.480 e. The topological polar surface area (TPSA) is 112 Å². The van der Waals surface area contributed by atoms with Gasteiger partial charge in [0.05, 0.1) is 17.8 Å². The Kier molecular flexibility index (Phi) is 9.09. The third-order valence-electron chi connectivity index (χ3n) is 5.95. The molecule has 2 aromatic carbocycles. The van der Waals surface area contributed by atoms with Crippen LogP contribution in [0.25, 0.3) is 17.1 Å². The maximum atomic E-state index is 13.6. The Hall–Kier alpha value is -3.92. The lowest BCUT2D eigenvalue weighted by atomic mass is 10.1. The van der Waals surface area contributed by atoms with Gasteiger partial charge in [-0.05, 0) is 42.5 Å². The van der Waals surface area contributed by atoms with Gasteiger partial charge >= 0.3 is 0 Å². The molecular formula is C26H23Cl2F2N5O5. The van der Waals surface area contributed by atoms with Crippen molar-refractivity contribution in [2.24, 2.45) is 0 Å². The molecule has 1 amide bonds. The standard InChI is InChI=1S/C26H23Cl2F2N5O5/c1-39-25-22(24(36)32-33-13-11-26(29,30)12-14-33)31-23(20-10-7-18(27)16-21(20)28)34(25)19-8-5-17(6-9-19)4-2-3-15-40-35(37)38/h5-10,16H,3,11-15H2,1H3,(H,32,36). The average molecular weight is 594 g/mol. The third-order valence-corrected chi connectivity index (χ3v) is 6.50. The molecule has 0 radical (unpaired) electrons. The largest absolute Gasteiger partial charge is 0.480 e. The molecule has 1 aliphatic rings. The number of methoxy groups -OCH3 is 1. The summed E-state index contributed by atoms with van der Waals surface area (Å²) in [6.45, 7) is -0.170. The zero-order valence-corrected chi connectivity index (χ0v) is 22.6.